The van der Waals surface area contributed by atoms with Crippen LogP contribution in [-0.2, 0) is 21.7 Å². The normalized spacial score (nSPS) is 18.1. The van der Waals surface area contributed by atoms with E-state index in [9.17, 15) is 4.79 Å². The molecule has 0 heterocycles. The number of benzene rings is 4. The van der Waals surface area contributed by atoms with Crippen LogP contribution in [0.25, 0.3) is 5.57 Å². The molecule has 6 rings (SSSR count). The van der Waals surface area contributed by atoms with Crippen LogP contribution in [0.2, 0.25) is 0 Å². The van der Waals surface area contributed by atoms with Crippen molar-refractivity contribution < 1.29 is 4.79 Å². The standard InChI is InChI=1S/C23H27Br.C22H25BrO/c1-15-13-20-21(23(5,6)12-11-22(20,3)4)14-19(15)16(2)17-7-9-18(24)10-8-17;1-14-12-18-19(22(4,5)11-10-21(18,2)3)13-17(14)20(24)15-6-8-16(23)9-7-15/h7-10,13-14H,2,11-12H2,1,3-6H3;6-9,12-13H,10-11H2,1-5H3. The minimum Gasteiger partial charge on any atom is -0.289 e. The van der Waals surface area contributed by atoms with Crippen molar-refractivity contribution in [3.63, 3.8) is 0 Å². The van der Waals surface area contributed by atoms with Crippen LogP contribution in [0, 0.1) is 13.8 Å². The number of halogens is 2. The number of carbonyl (C=O) groups excluding carboxylic acids is 1. The zero-order valence-electron chi connectivity index (χ0n) is 30.6. The maximum absolute atomic E-state index is 13.0. The van der Waals surface area contributed by atoms with Crippen molar-refractivity contribution in [1.29, 1.82) is 0 Å². The number of fused-ring (bicyclic) bond motifs is 2. The molecule has 0 radical (unpaired) electrons. The minimum atomic E-state index is 0.113. The van der Waals surface area contributed by atoms with E-state index < -0.39 is 0 Å². The van der Waals surface area contributed by atoms with Gasteiger partial charge in [0.2, 0.25) is 0 Å². The van der Waals surface area contributed by atoms with Crippen LogP contribution in [0.3, 0.4) is 0 Å². The van der Waals surface area contributed by atoms with Gasteiger partial charge in [-0.15, -0.1) is 0 Å². The number of rotatable bonds is 4. The topological polar surface area (TPSA) is 17.1 Å². The van der Waals surface area contributed by atoms with Gasteiger partial charge in [-0.3, -0.25) is 4.79 Å². The Labute approximate surface area is 306 Å². The molecule has 4 aromatic carbocycles. The third-order valence-electron chi connectivity index (χ3n) is 11.3. The van der Waals surface area contributed by atoms with Crippen molar-refractivity contribution in [2.45, 2.75) is 117 Å². The average molecular weight is 769 g/mol. The number of carbonyl (C=O) groups is 1. The molecule has 252 valence electrons. The second-order valence-electron chi connectivity index (χ2n) is 16.8. The van der Waals surface area contributed by atoms with Crippen LogP contribution in [0.4, 0.5) is 0 Å². The van der Waals surface area contributed by atoms with Crippen LogP contribution in [0.15, 0.2) is 88.3 Å². The minimum absolute atomic E-state index is 0.113. The first-order chi connectivity index (χ1) is 22.2. The number of aryl methyl sites for hydroxylation is 2. The van der Waals surface area contributed by atoms with E-state index in [2.05, 4.69) is 156 Å². The lowest BCUT2D eigenvalue weighted by atomic mass is 9.62. The Bertz CT molecular complexity index is 1730. The van der Waals surface area contributed by atoms with E-state index in [0.717, 1.165) is 37.6 Å². The monoisotopic (exact) mass is 766 g/mol. The van der Waals surface area contributed by atoms with Gasteiger partial charge in [-0.2, -0.15) is 0 Å². The van der Waals surface area contributed by atoms with E-state index in [0.29, 0.717) is 0 Å². The number of hydrogen-bond acceptors (Lipinski definition) is 1. The average Bonchev–Trinajstić information content (AvgIpc) is 3.02. The number of hydrogen-bond donors (Lipinski definition) is 0. The molecule has 0 unspecified atom stereocenters. The highest BCUT2D eigenvalue weighted by Gasteiger charge is 2.39. The van der Waals surface area contributed by atoms with Gasteiger partial charge in [0.05, 0.1) is 0 Å². The van der Waals surface area contributed by atoms with E-state index in [-0.39, 0.29) is 27.4 Å². The highest BCUT2D eigenvalue weighted by Crippen LogP contribution is 2.48. The Balaban J connectivity index is 0.000000188. The van der Waals surface area contributed by atoms with Gasteiger partial charge in [-0.25, -0.2) is 0 Å². The van der Waals surface area contributed by atoms with Crippen LogP contribution in [0.5, 0.6) is 0 Å². The van der Waals surface area contributed by atoms with Crippen LogP contribution in [0.1, 0.15) is 142 Å². The second-order valence-corrected chi connectivity index (χ2v) is 18.6. The molecule has 0 spiro atoms. The van der Waals surface area contributed by atoms with Crippen molar-refractivity contribution in [1.82, 2.24) is 0 Å². The highest BCUT2D eigenvalue weighted by molar-refractivity contribution is 9.10. The Hall–Kier alpha value is -2.75. The van der Waals surface area contributed by atoms with Crippen molar-refractivity contribution >= 4 is 43.2 Å². The summed E-state index contributed by atoms with van der Waals surface area (Å²) < 4.78 is 2.09. The SMILES string of the molecule is C=C(c1ccc(Br)cc1)c1cc2c(cc1C)C(C)(C)CCC2(C)C.Cc1cc2c(cc1C(=O)c1ccc(Br)cc1)C(C)(C)CCC2(C)C. The molecule has 0 saturated carbocycles. The first-order valence-electron chi connectivity index (χ1n) is 17.3. The lowest BCUT2D eigenvalue weighted by Crippen LogP contribution is -2.34. The summed E-state index contributed by atoms with van der Waals surface area (Å²) in [5, 5.41) is 0. The molecule has 0 saturated heterocycles. The zero-order chi connectivity index (χ0) is 35.4. The first-order valence-corrected chi connectivity index (χ1v) is 18.9. The van der Waals surface area contributed by atoms with E-state index in [1.165, 1.54) is 58.2 Å². The summed E-state index contributed by atoms with van der Waals surface area (Å²) in [6, 6.07) is 25.3. The maximum Gasteiger partial charge on any atom is 0.193 e. The largest absolute Gasteiger partial charge is 0.289 e. The Morgan fingerprint density at radius 2 is 0.833 bits per heavy atom. The molecule has 0 aliphatic heterocycles. The summed E-state index contributed by atoms with van der Waals surface area (Å²) in [4.78, 5) is 13.0. The van der Waals surface area contributed by atoms with Gasteiger partial charge < -0.3 is 0 Å². The quantitative estimate of drug-likeness (QED) is 0.189. The lowest BCUT2D eigenvalue weighted by Gasteiger charge is -2.42. The Morgan fingerprint density at radius 1 is 0.521 bits per heavy atom. The lowest BCUT2D eigenvalue weighted by molar-refractivity contribution is 0.103. The molecule has 0 bridgehead atoms. The van der Waals surface area contributed by atoms with Crippen molar-refractivity contribution in [2.24, 2.45) is 0 Å². The summed E-state index contributed by atoms with van der Waals surface area (Å²) >= 11 is 6.94. The fraction of sp³-hybridized carbons (Fsp3) is 0.400. The predicted octanol–water partition coefficient (Wildman–Crippen LogP) is 13.5. The molecule has 4 aromatic rings. The number of ketones is 1. The zero-order valence-corrected chi connectivity index (χ0v) is 33.8. The summed E-state index contributed by atoms with van der Waals surface area (Å²) in [6.45, 7) is 27.4. The van der Waals surface area contributed by atoms with E-state index in [4.69, 9.17) is 0 Å². The van der Waals surface area contributed by atoms with Crippen LogP contribution >= 0.6 is 31.9 Å². The third-order valence-corrected chi connectivity index (χ3v) is 12.3. The van der Waals surface area contributed by atoms with Gasteiger partial charge >= 0.3 is 0 Å². The maximum atomic E-state index is 13.0. The second kappa shape index (κ2) is 13.2. The molecule has 0 atom stereocenters. The van der Waals surface area contributed by atoms with Gasteiger partial charge in [0.25, 0.3) is 0 Å². The molecule has 3 heteroatoms. The van der Waals surface area contributed by atoms with E-state index >= 15 is 0 Å². The van der Waals surface area contributed by atoms with Gasteiger partial charge in [0.1, 0.15) is 0 Å². The van der Waals surface area contributed by atoms with Gasteiger partial charge in [-0.1, -0.05) is 124 Å². The fourth-order valence-corrected chi connectivity index (χ4v) is 8.11. The van der Waals surface area contributed by atoms with E-state index in [1.807, 2.05) is 24.3 Å². The van der Waals surface area contributed by atoms with Gasteiger partial charge in [-0.05, 0) is 154 Å². The highest BCUT2D eigenvalue weighted by atomic mass is 79.9. The van der Waals surface area contributed by atoms with Crippen molar-refractivity contribution in [2.75, 3.05) is 0 Å². The summed E-state index contributed by atoms with van der Waals surface area (Å²) in [5.41, 5.74) is 14.1. The summed E-state index contributed by atoms with van der Waals surface area (Å²) in [6.07, 6.45) is 4.83. The Morgan fingerprint density at radius 3 is 1.23 bits per heavy atom. The molecule has 1 nitrogen and oxygen atoms in total. The predicted molar refractivity (Wildman–Crippen MR) is 213 cm³/mol. The first kappa shape index (κ1) is 36.5. The molecular weight excluding hydrogens is 716 g/mol. The summed E-state index contributed by atoms with van der Waals surface area (Å²) in [7, 11) is 0. The smallest absolute Gasteiger partial charge is 0.193 e. The van der Waals surface area contributed by atoms with Crippen molar-refractivity contribution in [3.05, 3.63) is 144 Å². The Kier molecular flexibility index (Phi) is 10.0. The molecule has 2 aliphatic rings. The van der Waals surface area contributed by atoms with Crippen LogP contribution < -0.4 is 0 Å². The molecule has 0 fully saturated rings. The van der Waals surface area contributed by atoms with Gasteiger partial charge in [0, 0.05) is 20.1 Å². The van der Waals surface area contributed by atoms with Crippen molar-refractivity contribution in [3.8, 4) is 0 Å². The summed E-state index contributed by atoms with van der Waals surface area (Å²) in [5.74, 6) is 0.113. The van der Waals surface area contributed by atoms with Gasteiger partial charge in [0.15, 0.2) is 5.78 Å². The fourth-order valence-electron chi connectivity index (χ4n) is 7.58. The molecule has 2 aliphatic carbocycles. The van der Waals surface area contributed by atoms with Crippen LogP contribution in [-0.4, -0.2) is 5.78 Å². The molecule has 0 amide bonds. The molecular formula is C45H52Br2O. The molecule has 48 heavy (non-hydrogen) atoms. The molecule has 0 N–H and O–H groups in total. The third kappa shape index (κ3) is 7.24. The van der Waals surface area contributed by atoms with E-state index in [1.54, 1.807) is 0 Å². The molecule has 0 aromatic heterocycles.